The number of rotatable bonds is 2. The lowest BCUT2D eigenvalue weighted by Crippen LogP contribution is -2.44. The molecule has 0 radical (unpaired) electrons. The second-order valence-corrected chi connectivity index (χ2v) is 5.34. The fraction of sp³-hybridized carbons (Fsp3) is 0.538. The van der Waals surface area contributed by atoms with Crippen LogP contribution in [0.4, 0.5) is 4.39 Å². The highest BCUT2D eigenvalue weighted by Gasteiger charge is 2.54. The molecule has 1 saturated heterocycles. The van der Waals surface area contributed by atoms with Gasteiger partial charge in [-0.3, -0.25) is 0 Å². The molecular formula is C13H16BFN2O2. The fourth-order valence-electron chi connectivity index (χ4n) is 2.09. The normalized spacial score (nSPS) is 25.4. The Bertz CT molecular complexity index is 544. The standard InChI is InChI=1S/C13H16BFN2O2/c1-5-13(4)12(2,3)18-14(19-13)11-7-6-9(15)10(8-16)17-11/h6-7H,5H2,1-4H3. The molecule has 1 aromatic heterocycles. The Morgan fingerprint density at radius 1 is 1.37 bits per heavy atom. The molecule has 1 aliphatic heterocycles. The van der Waals surface area contributed by atoms with Crippen molar-refractivity contribution in [3.05, 3.63) is 23.6 Å². The smallest absolute Gasteiger partial charge is 0.398 e. The summed E-state index contributed by atoms with van der Waals surface area (Å²) in [7, 11) is -0.673. The molecule has 1 atom stereocenters. The predicted molar refractivity (Wildman–Crippen MR) is 69.2 cm³/mol. The van der Waals surface area contributed by atoms with Gasteiger partial charge in [0.05, 0.1) is 16.8 Å². The first kappa shape index (κ1) is 14.0. The summed E-state index contributed by atoms with van der Waals surface area (Å²) in [4.78, 5) is 3.95. The average Bonchev–Trinajstić information content (AvgIpc) is 2.61. The Morgan fingerprint density at radius 3 is 2.58 bits per heavy atom. The van der Waals surface area contributed by atoms with E-state index in [4.69, 9.17) is 14.6 Å². The van der Waals surface area contributed by atoms with Gasteiger partial charge in [0.2, 0.25) is 0 Å². The van der Waals surface area contributed by atoms with Gasteiger partial charge in [-0.25, -0.2) is 9.37 Å². The maximum absolute atomic E-state index is 13.3. The van der Waals surface area contributed by atoms with Gasteiger partial charge in [0.25, 0.3) is 0 Å². The van der Waals surface area contributed by atoms with Gasteiger partial charge >= 0.3 is 7.12 Å². The first-order chi connectivity index (χ1) is 8.83. The molecule has 19 heavy (non-hydrogen) atoms. The molecule has 2 rings (SSSR count). The van der Waals surface area contributed by atoms with Gasteiger partial charge in [0.1, 0.15) is 6.07 Å². The number of halogens is 1. The number of hydrogen-bond donors (Lipinski definition) is 0. The molecule has 1 unspecified atom stereocenters. The quantitative estimate of drug-likeness (QED) is 0.762. The van der Waals surface area contributed by atoms with Gasteiger partial charge < -0.3 is 9.31 Å². The summed E-state index contributed by atoms with van der Waals surface area (Å²) >= 11 is 0. The summed E-state index contributed by atoms with van der Waals surface area (Å²) in [6.07, 6.45) is 0.781. The highest BCUT2D eigenvalue weighted by atomic mass is 19.1. The average molecular weight is 262 g/mol. The van der Waals surface area contributed by atoms with Crippen LogP contribution in [0.15, 0.2) is 12.1 Å². The number of hydrogen-bond acceptors (Lipinski definition) is 4. The fourth-order valence-corrected chi connectivity index (χ4v) is 2.09. The van der Waals surface area contributed by atoms with Gasteiger partial charge in [0.15, 0.2) is 11.5 Å². The van der Waals surface area contributed by atoms with E-state index in [0.29, 0.717) is 5.59 Å². The van der Waals surface area contributed by atoms with Crippen molar-refractivity contribution in [1.29, 1.82) is 5.26 Å². The predicted octanol–water partition coefficient (Wildman–Crippen LogP) is 1.78. The van der Waals surface area contributed by atoms with Crippen LogP contribution in [0, 0.1) is 17.1 Å². The Balaban J connectivity index is 2.34. The number of pyridine rings is 1. The zero-order chi connectivity index (χ0) is 14.3. The Hall–Kier alpha value is -1.45. The summed E-state index contributed by atoms with van der Waals surface area (Å²) in [6, 6.07) is 4.41. The SMILES string of the molecule is CCC1(C)OB(c2ccc(F)c(C#N)n2)OC1(C)C. The summed E-state index contributed by atoms with van der Waals surface area (Å²) in [5.41, 5.74) is -0.744. The van der Waals surface area contributed by atoms with Crippen LogP contribution < -0.4 is 5.59 Å². The summed E-state index contributed by atoms with van der Waals surface area (Å²) in [5.74, 6) is -0.637. The van der Waals surface area contributed by atoms with Crippen LogP contribution in [0.3, 0.4) is 0 Å². The van der Waals surface area contributed by atoms with Crippen LogP contribution in [-0.2, 0) is 9.31 Å². The largest absolute Gasteiger partial charge is 0.514 e. The minimum atomic E-state index is -0.673. The molecule has 1 aromatic rings. The van der Waals surface area contributed by atoms with E-state index in [1.165, 1.54) is 12.1 Å². The molecule has 0 N–H and O–H groups in total. The molecule has 100 valence electrons. The molecular weight excluding hydrogens is 246 g/mol. The maximum Gasteiger partial charge on any atom is 0.514 e. The second kappa shape index (κ2) is 4.59. The molecule has 2 heterocycles. The van der Waals surface area contributed by atoms with Crippen LogP contribution in [0.25, 0.3) is 0 Å². The van der Waals surface area contributed by atoms with E-state index in [-0.39, 0.29) is 5.69 Å². The summed E-state index contributed by atoms with van der Waals surface area (Å²) in [5, 5.41) is 8.80. The molecule has 1 aliphatic rings. The van der Waals surface area contributed by atoms with Crippen molar-refractivity contribution in [3.8, 4) is 6.07 Å². The topological polar surface area (TPSA) is 55.1 Å². The van der Waals surface area contributed by atoms with Gasteiger partial charge in [-0.1, -0.05) is 6.92 Å². The first-order valence-corrected chi connectivity index (χ1v) is 6.25. The van der Waals surface area contributed by atoms with Crippen LogP contribution >= 0.6 is 0 Å². The number of nitriles is 1. The van der Waals surface area contributed by atoms with Crippen molar-refractivity contribution in [1.82, 2.24) is 4.98 Å². The van der Waals surface area contributed by atoms with E-state index in [0.717, 1.165) is 6.42 Å². The van der Waals surface area contributed by atoms with Crippen LogP contribution in [0.5, 0.6) is 0 Å². The third kappa shape index (κ3) is 2.24. The molecule has 0 saturated carbocycles. The number of nitrogens with zero attached hydrogens (tertiary/aromatic N) is 2. The van der Waals surface area contributed by atoms with Crippen molar-refractivity contribution >= 4 is 12.7 Å². The molecule has 0 aromatic carbocycles. The molecule has 0 amide bonds. The molecule has 0 aliphatic carbocycles. The Labute approximate surface area is 112 Å². The van der Waals surface area contributed by atoms with Crippen LogP contribution in [-0.4, -0.2) is 23.3 Å². The Morgan fingerprint density at radius 2 is 2.05 bits per heavy atom. The van der Waals surface area contributed by atoms with Crippen molar-refractivity contribution in [2.75, 3.05) is 0 Å². The lowest BCUT2D eigenvalue weighted by molar-refractivity contribution is -0.0118. The van der Waals surface area contributed by atoms with Gasteiger partial charge in [0, 0.05) is 0 Å². The lowest BCUT2D eigenvalue weighted by Gasteiger charge is -2.35. The third-order valence-electron chi connectivity index (χ3n) is 3.93. The van der Waals surface area contributed by atoms with Gasteiger partial charge in [-0.15, -0.1) is 0 Å². The van der Waals surface area contributed by atoms with Gasteiger partial charge in [-0.2, -0.15) is 5.26 Å². The monoisotopic (exact) mass is 262 g/mol. The summed E-state index contributed by atoms with van der Waals surface area (Å²) < 4.78 is 25.0. The van der Waals surface area contributed by atoms with Crippen molar-refractivity contribution < 1.29 is 13.7 Å². The third-order valence-corrected chi connectivity index (χ3v) is 3.93. The van der Waals surface area contributed by atoms with Crippen molar-refractivity contribution in [2.24, 2.45) is 0 Å². The minimum absolute atomic E-state index is 0.243. The van der Waals surface area contributed by atoms with Crippen LogP contribution in [0.2, 0.25) is 0 Å². The Kier molecular flexibility index (Phi) is 3.37. The van der Waals surface area contributed by atoms with Crippen molar-refractivity contribution in [2.45, 2.75) is 45.3 Å². The van der Waals surface area contributed by atoms with E-state index >= 15 is 0 Å². The maximum atomic E-state index is 13.3. The van der Waals surface area contributed by atoms with E-state index in [9.17, 15) is 4.39 Å². The second-order valence-electron chi connectivity index (χ2n) is 5.34. The number of aromatic nitrogens is 1. The zero-order valence-corrected chi connectivity index (χ0v) is 11.5. The molecule has 6 heteroatoms. The lowest BCUT2D eigenvalue weighted by atomic mass is 9.84. The highest BCUT2D eigenvalue weighted by Crippen LogP contribution is 2.39. The van der Waals surface area contributed by atoms with E-state index in [1.54, 1.807) is 6.07 Å². The van der Waals surface area contributed by atoms with E-state index in [2.05, 4.69) is 4.98 Å². The highest BCUT2D eigenvalue weighted by molar-refractivity contribution is 6.61. The molecule has 0 spiro atoms. The van der Waals surface area contributed by atoms with Crippen LogP contribution in [0.1, 0.15) is 39.8 Å². The molecule has 4 nitrogen and oxygen atoms in total. The first-order valence-electron chi connectivity index (χ1n) is 6.25. The molecule has 0 bridgehead atoms. The van der Waals surface area contributed by atoms with E-state index < -0.39 is 24.1 Å². The zero-order valence-electron chi connectivity index (χ0n) is 11.5. The minimum Gasteiger partial charge on any atom is -0.398 e. The summed E-state index contributed by atoms with van der Waals surface area (Å²) in [6.45, 7) is 7.89. The van der Waals surface area contributed by atoms with E-state index in [1.807, 2.05) is 27.7 Å². The molecule has 1 fully saturated rings. The van der Waals surface area contributed by atoms with Gasteiger partial charge in [-0.05, 0) is 39.3 Å². The van der Waals surface area contributed by atoms with Crippen molar-refractivity contribution in [3.63, 3.8) is 0 Å².